The van der Waals surface area contributed by atoms with E-state index in [0.717, 1.165) is 5.92 Å². The summed E-state index contributed by atoms with van der Waals surface area (Å²) >= 11 is 0. The maximum atomic E-state index is 4.18. The number of rotatable bonds is 6. The van der Waals surface area contributed by atoms with Gasteiger partial charge in [-0.2, -0.15) is 0 Å². The molecule has 0 saturated carbocycles. The van der Waals surface area contributed by atoms with E-state index in [1.165, 1.54) is 24.8 Å². The highest BCUT2D eigenvalue weighted by Crippen LogP contribution is 2.27. The van der Waals surface area contributed by atoms with E-state index in [9.17, 15) is 0 Å². The minimum Gasteiger partial charge on any atom is -0.0993 e. The summed E-state index contributed by atoms with van der Waals surface area (Å²) in [5.41, 5.74) is 1.42. The third kappa shape index (κ3) is 4.50. The maximum Gasteiger partial charge on any atom is -0.0206 e. The van der Waals surface area contributed by atoms with Crippen molar-refractivity contribution in [2.75, 3.05) is 0 Å². The first kappa shape index (κ1) is 12.7. The van der Waals surface area contributed by atoms with Gasteiger partial charge in [0.15, 0.2) is 0 Å². The van der Waals surface area contributed by atoms with Gasteiger partial charge in [-0.05, 0) is 17.8 Å². The lowest BCUT2D eigenvalue weighted by Gasteiger charge is -2.24. The van der Waals surface area contributed by atoms with Crippen molar-refractivity contribution < 1.29 is 0 Å². The van der Waals surface area contributed by atoms with Crippen LogP contribution in [0.2, 0.25) is 0 Å². The summed E-state index contributed by atoms with van der Waals surface area (Å²) in [6, 6.07) is 0. The molecule has 0 spiro atoms. The fourth-order valence-corrected chi connectivity index (χ4v) is 1.67. The average molecular weight is 182 g/mol. The van der Waals surface area contributed by atoms with E-state index in [0.29, 0.717) is 11.8 Å². The second-order valence-electron chi connectivity index (χ2n) is 4.64. The van der Waals surface area contributed by atoms with Crippen molar-refractivity contribution in [2.24, 2.45) is 17.8 Å². The molecular weight excluding hydrogens is 156 g/mol. The van der Waals surface area contributed by atoms with Crippen LogP contribution in [0.1, 0.15) is 53.9 Å². The van der Waals surface area contributed by atoms with Crippen LogP contribution in [-0.2, 0) is 0 Å². The van der Waals surface area contributed by atoms with Crippen LogP contribution in [0.3, 0.4) is 0 Å². The Bertz CT molecular complexity index is 144. The lowest BCUT2D eigenvalue weighted by molar-refractivity contribution is 0.378. The van der Waals surface area contributed by atoms with E-state index in [1.807, 2.05) is 0 Å². The zero-order chi connectivity index (χ0) is 10.4. The standard InChI is InChI=1S/C13H26/c1-7-8-9-11(4)13(6)12(5)10(2)3/h10-11,13H,5,7-9H2,1-4,6H3. The van der Waals surface area contributed by atoms with Crippen LogP contribution >= 0.6 is 0 Å². The van der Waals surface area contributed by atoms with E-state index >= 15 is 0 Å². The van der Waals surface area contributed by atoms with E-state index in [1.54, 1.807) is 0 Å². The third-order valence-corrected chi connectivity index (χ3v) is 3.19. The van der Waals surface area contributed by atoms with Gasteiger partial charge in [0.25, 0.3) is 0 Å². The molecule has 0 fully saturated rings. The zero-order valence-electron chi connectivity index (χ0n) is 10.1. The van der Waals surface area contributed by atoms with Gasteiger partial charge in [-0.1, -0.05) is 66.0 Å². The molecule has 0 radical (unpaired) electrons. The Hall–Kier alpha value is -0.260. The highest BCUT2D eigenvalue weighted by atomic mass is 14.2. The van der Waals surface area contributed by atoms with E-state index in [4.69, 9.17) is 0 Å². The molecule has 0 amide bonds. The summed E-state index contributed by atoms with van der Waals surface area (Å²) < 4.78 is 0. The van der Waals surface area contributed by atoms with Crippen LogP contribution in [0.25, 0.3) is 0 Å². The van der Waals surface area contributed by atoms with Gasteiger partial charge in [0.2, 0.25) is 0 Å². The number of allylic oxidation sites excluding steroid dienone is 1. The van der Waals surface area contributed by atoms with Gasteiger partial charge in [-0.3, -0.25) is 0 Å². The lowest BCUT2D eigenvalue weighted by Crippen LogP contribution is -2.13. The molecule has 0 nitrogen and oxygen atoms in total. The minimum absolute atomic E-state index is 0.638. The fourth-order valence-electron chi connectivity index (χ4n) is 1.67. The molecule has 0 aromatic heterocycles. The van der Waals surface area contributed by atoms with E-state index < -0.39 is 0 Å². The molecule has 0 bridgehead atoms. The molecule has 78 valence electrons. The first-order chi connectivity index (χ1) is 6.00. The van der Waals surface area contributed by atoms with Gasteiger partial charge in [0.1, 0.15) is 0 Å². The average Bonchev–Trinajstić information content (AvgIpc) is 2.11. The minimum atomic E-state index is 0.638. The summed E-state index contributed by atoms with van der Waals surface area (Å²) in [6.07, 6.45) is 4.02. The van der Waals surface area contributed by atoms with Crippen LogP contribution < -0.4 is 0 Å². The van der Waals surface area contributed by atoms with Gasteiger partial charge in [0.05, 0.1) is 0 Å². The first-order valence-corrected chi connectivity index (χ1v) is 5.69. The summed E-state index contributed by atoms with van der Waals surface area (Å²) in [7, 11) is 0. The third-order valence-electron chi connectivity index (χ3n) is 3.19. The zero-order valence-corrected chi connectivity index (χ0v) is 10.1. The van der Waals surface area contributed by atoms with Crippen LogP contribution in [0.5, 0.6) is 0 Å². The second-order valence-corrected chi connectivity index (χ2v) is 4.64. The molecular formula is C13H26. The fraction of sp³-hybridized carbons (Fsp3) is 0.846. The normalized spacial score (nSPS) is 15.8. The highest BCUT2D eigenvalue weighted by Gasteiger charge is 2.16. The van der Waals surface area contributed by atoms with E-state index in [-0.39, 0.29) is 0 Å². The summed E-state index contributed by atoms with van der Waals surface area (Å²) in [4.78, 5) is 0. The van der Waals surface area contributed by atoms with Crippen molar-refractivity contribution in [3.8, 4) is 0 Å². The van der Waals surface area contributed by atoms with Crippen LogP contribution in [0, 0.1) is 17.8 Å². The van der Waals surface area contributed by atoms with Gasteiger partial charge in [-0.15, -0.1) is 0 Å². The number of hydrogen-bond donors (Lipinski definition) is 0. The molecule has 0 aromatic rings. The molecule has 13 heavy (non-hydrogen) atoms. The van der Waals surface area contributed by atoms with Gasteiger partial charge in [-0.25, -0.2) is 0 Å². The summed E-state index contributed by atoms with van der Waals surface area (Å²) in [5.74, 6) is 2.13. The predicted molar refractivity (Wildman–Crippen MR) is 61.8 cm³/mol. The largest absolute Gasteiger partial charge is 0.0993 e. The molecule has 0 heterocycles. The van der Waals surface area contributed by atoms with Crippen molar-refractivity contribution >= 4 is 0 Å². The van der Waals surface area contributed by atoms with E-state index in [2.05, 4.69) is 41.2 Å². The van der Waals surface area contributed by atoms with Crippen LogP contribution in [0.4, 0.5) is 0 Å². The summed E-state index contributed by atoms with van der Waals surface area (Å²) in [5, 5.41) is 0. The monoisotopic (exact) mass is 182 g/mol. The number of unbranched alkanes of at least 4 members (excludes halogenated alkanes) is 1. The Morgan fingerprint density at radius 1 is 1.15 bits per heavy atom. The quantitative estimate of drug-likeness (QED) is 0.524. The molecule has 0 aliphatic rings. The predicted octanol–water partition coefficient (Wildman–Crippen LogP) is 4.66. The summed E-state index contributed by atoms with van der Waals surface area (Å²) in [6.45, 7) is 15.6. The van der Waals surface area contributed by atoms with Crippen LogP contribution in [-0.4, -0.2) is 0 Å². The Morgan fingerprint density at radius 3 is 2.08 bits per heavy atom. The Kier molecular flexibility index (Phi) is 6.11. The molecule has 2 unspecified atom stereocenters. The Balaban J connectivity index is 3.94. The molecule has 0 aromatic carbocycles. The molecule has 0 saturated heterocycles. The Labute approximate surface area is 84.4 Å². The SMILES string of the molecule is C=C(C(C)C)C(C)C(C)CCCC. The second kappa shape index (κ2) is 6.23. The molecule has 0 rings (SSSR count). The molecule has 0 aliphatic carbocycles. The van der Waals surface area contributed by atoms with Crippen molar-refractivity contribution in [3.63, 3.8) is 0 Å². The molecule has 0 aliphatic heterocycles. The van der Waals surface area contributed by atoms with Crippen molar-refractivity contribution in [1.82, 2.24) is 0 Å². The lowest BCUT2D eigenvalue weighted by atomic mass is 9.82. The smallest absolute Gasteiger partial charge is 0.0206 e. The molecule has 0 N–H and O–H groups in total. The van der Waals surface area contributed by atoms with Crippen molar-refractivity contribution in [2.45, 2.75) is 53.9 Å². The molecule has 0 heteroatoms. The Morgan fingerprint density at radius 2 is 1.69 bits per heavy atom. The van der Waals surface area contributed by atoms with Gasteiger partial charge in [0, 0.05) is 0 Å². The van der Waals surface area contributed by atoms with Gasteiger partial charge >= 0.3 is 0 Å². The van der Waals surface area contributed by atoms with Crippen LogP contribution in [0.15, 0.2) is 12.2 Å². The topological polar surface area (TPSA) is 0 Å². The number of hydrogen-bond acceptors (Lipinski definition) is 0. The van der Waals surface area contributed by atoms with Crippen molar-refractivity contribution in [1.29, 1.82) is 0 Å². The van der Waals surface area contributed by atoms with Gasteiger partial charge < -0.3 is 0 Å². The first-order valence-electron chi connectivity index (χ1n) is 5.69. The molecule has 2 atom stereocenters. The highest BCUT2D eigenvalue weighted by molar-refractivity contribution is 5.03. The van der Waals surface area contributed by atoms with Crippen molar-refractivity contribution in [3.05, 3.63) is 12.2 Å². The maximum absolute atomic E-state index is 4.18.